The number of aromatic nitrogens is 3. The number of carbonyl (C=O) groups is 1. The molecule has 8 heteroatoms. The summed E-state index contributed by atoms with van der Waals surface area (Å²) in [6.45, 7) is 1.94. The van der Waals surface area contributed by atoms with Gasteiger partial charge in [-0.1, -0.05) is 17.7 Å². The number of amides is 1. The fraction of sp³-hybridized carbons (Fsp3) is 0.417. The highest BCUT2D eigenvalue weighted by molar-refractivity contribution is 5.94. The monoisotopic (exact) mass is 433 g/mol. The summed E-state index contributed by atoms with van der Waals surface area (Å²) in [6.07, 6.45) is 11.4. The zero-order chi connectivity index (χ0) is 22.7. The average molecular weight is 434 g/mol. The van der Waals surface area contributed by atoms with Crippen LogP contribution in [-0.2, 0) is 4.74 Å². The first-order valence-electron chi connectivity index (χ1n) is 10.9. The van der Waals surface area contributed by atoms with Gasteiger partial charge in [-0.15, -0.1) is 0 Å². The van der Waals surface area contributed by atoms with Crippen LogP contribution in [0.4, 0.5) is 0 Å². The van der Waals surface area contributed by atoms with Gasteiger partial charge in [0.05, 0.1) is 29.2 Å². The van der Waals surface area contributed by atoms with E-state index in [0.29, 0.717) is 23.4 Å². The van der Waals surface area contributed by atoms with Crippen LogP contribution in [0.3, 0.4) is 0 Å². The lowest BCUT2D eigenvalue weighted by atomic mass is 9.89. The average Bonchev–Trinajstić information content (AvgIpc) is 3.20. The first kappa shape index (κ1) is 21.8. The molecule has 2 heterocycles. The van der Waals surface area contributed by atoms with Crippen LogP contribution in [0.15, 0.2) is 47.0 Å². The molecule has 0 aliphatic heterocycles. The third-order valence-corrected chi connectivity index (χ3v) is 6.29. The number of nitriles is 1. The van der Waals surface area contributed by atoms with Crippen LogP contribution < -0.4 is 10.9 Å². The van der Waals surface area contributed by atoms with Crippen molar-refractivity contribution in [3.8, 4) is 11.9 Å². The molecule has 2 N–H and O–H groups in total. The van der Waals surface area contributed by atoms with Gasteiger partial charge in [-0.25, -0.2) is 9.67 Å². The van der Waals surface area contributed by atoms with Crippen molar-refractivity contribution in [3.05, 3.63) is 63.7 Å². The first-order valence-corrected chi connectivity index (χ1v) is 10.9. The van der Waals surface area contributed by atoms with Crippen molar-refractivity contribution in [2.45, 2.75) is 51.2 Å². The summed E-state index contributed by atoms with van der Waals surface area (Å²) in [5.74, 6) is 0.0891. The normalized spacial score (nSPS) is 23.1. The third-order valence-electron chi connectivity index (χ3n) is 6.29. The van der Waals surface area contributed by atoms with Gasteiger partial charge in [0.2, 0.25) is 0 Å². The minimum atomic E-state index is -0.223. The van der Waals surface area contributed by atoms with Gasteiger partial charge in [0, 0.05) is 25.5 Å². The third kappa shape index (κ3) is 4.43. The van der Waals surface area contributed by atoms with E-state index in [1.807, 2.05) is 19.1 Å². The number of carbonyl (C=O) groups excluding carboxylic acids is 1. The van der Waals surface area contributed by atoms with Crippen LogP contribution in [0.2, 0.25) is 0 Å². The zero-order valence-electron chi connectivity index (χ0n) is 18.3. The van der Waals surface area contributed by atoms with Gasteiger partial charge in [-0.05, 0) is 56.7 Å². The molecule has 0 saturated heterocycles. The van der Waals surface area contributed by atoms with E-state index >= 15 is 0 Å². The Balaban J connectivity index is 1.46. The minimum Gasteiger partial charge on any atom is -0.381 e. The SMILES string of the molecule is COC1CCC(NC(=O)c2ccc(-n3[nH]cc(C4=C(C)CC(C#N)C=C4)c3=O)nc2)CC1. The van der Waals surface area contributed by atoms with Crippen LogP contribution >= 0.6 is 0 Å². The number of pyridine rings is 1. The number of rotatable bonds is 5. The predicted molar refractivity (Wildman–Crippen MR) is 120 cm³/mol. The summed E-state index contributed by atoms with van der Waals surface area (Å²) >= 11 is 0. The summed E-state index contributed by atoms with van der Waals surface area (Å²) in [4.78, 5) is 29.9. The molecular weight excluding hydrogens is 406 g/mol. The second kappa shape index (κ2) is 9.37. The van der Waals surface area contributed by atoms with Crippen LogP contribution in [0, 0.1) is 17.2 Å². The summed E-state index contributed by atoms with van der Waals surface area (Å²) in [5, 5.41) is 15.1. The second-order valence-electron chi connectivity index (χ2n) is 8.41. The minimum absolute atomic E-state index is 0.142. The lowest BCUT2D eigenvalue weighted by Gasteiger charge is -2.28. The molecule has 2 aromatic rings. The van der Waals surface area contributed by atoms with E-state index in [2.05, 4.69) is 21.5 Å². The predicted octanol–water partition coefficient (Wildman–Crippen LogP) is 3.12. The van der Waals surface area contributed by atoms with Crippen LogP contribution in [0.1, 0.15) is 54.9 Å². The number of methoxy groups -OCH3 is 1. The Hall–Kier alpha value is -3.44. The lowest BCUT2D eigenvalue weighted by Crippen LogP contribution is -2.39. The van der Waals surface area contributed by atoms with Gasteiger partial charge in [0.15, 0.2) is 5.82 Å². The largest absolute Gasteiger partial charge is 0.381 e. The molecule has 0 radical (unpaired) electrons. The van der Waals surface area contributed by atoms with Crippen molar-refractivity contribution in [1.29, 1.82) is 5.26 Å². The summed E-state index contributed by atoms with van der Waals surface area (Å²) in [6, 6.07) is 5.71. The number of allylic oxidation sites excluding steroid dienone is 4. The van der Waals surface area contributed by atoms with Crippen LogP contribution in [0.5, 0.6) is 0 Å². The van der Waals surface area contributed by atoms with Crippen molar-refractivity contribution in [3.63, 3.8) is 0 Å². The highest BCUT2D eigenvalue weighted by atomic mass is 16.5. The van der Waals surface area contributed by atoms with Crippen LogP contribution in [0.25, 0.3) is 11.4 Å². The van der Waals surface area contributed by atoms with Crippen molar-refractivity contribution < 1.29 is 9.53 Å². The molecule has 0 bridgehead atoms. The number of aromatic amines is 1. The molecular formula is C24H27N5O3. The van der Waals surface area contributed by atoms with E-state index in [9.17, 15) is 9.59 Å². The van der Waals surface area contributed by atoms with Crippen molar-refractivity contribution in [2.24, 2.45) is 5.92 Å². The number of ether oxygens (including phenoxy) is 1. The quantitative estimate of drug-likeness (QED) is 0.752. The summed E-state index contributed by atoms with van der Waals surface area (Å²) < 4.78 is 6.73. The number of H-pyrrole nitrogens is 1. The van der Waals surface area contributed by atoms with Gasteiger partial charge in [-0.2, -0.15) is 5.26 Å². The molecule has 32 heavy (non-hydrogen) atoms. The van der Waals surface area contributed by atoms with Crippen LogP contribution in [-0.4, -0.2) is 39.9 Å². The standard InChI is InChI=1S/C24H27N5O3/c1-15-11-16(12-25)3-9-20(15)21-14-27-29(24(21)31)22-10-4-17(13-26-22)23(30)28-18-5-7-19(32-2)8-6-18/h3-4,9-10,13-14,16,18-19,27H,5-8,11H2,1-2H3,(H,28,30). The molecule has 1 unspecified atom stereocenters. The number of hydrogen-bond donors (Lipinski definition) is 2. The Kier molecular flexibility index (Phi) is 6.37. The molecule has 2 aliphatic rings. The van der Waals surface area contributed by atoms with Crippen molar-refractivity contribution in [2.75, 3.05) is 7.11 Å². The maximum atomic E-state index is 13.0. The maximum absolute atomic E-state index is 13.0. The molecule has 1 fully saturated rings. The fourth-order valence-electron chi connectivity index (χ4n) is 4.37. The molecule has 0 spiro atoms. The zero-order valence-corrected chi connectivity index (χ0v) is 18.3. The second-order valence-corrected chi connectivity index (χ2v) is 8.41. The molecule has 0 aromatic carbocycles. The van der Waals surface area contributed by atoms with E-state index < -0.39 is 0 Å². The Labute approximate surface area is 186 Å². The van der Waals surface area contributed by atoms with Gasteiger partial charge < -0.3 is 10.1 Å². The Bertz CT molecular complexity index is 1140. The Morgan fingerprint density at radius 3 is 2.72 bits per heavy atom. The number of hydrogen-bond acceptors (Lipinski definition) is 5. The van der Waals surface area contributed by atoms with E-state index in [0.717, 1.165) is 36.8 Å². The van der Waals surface area contributed by atoms with Gasteiger partial charge in [-0.3, -0.25) is 14.7 Å². The molecule has 2 aliphatic carbocycles. The number of nitrogens with one attached hydrogen (secondary N) is 2. The topological polar surface area (TPSA) is 113 Å². The Morgan fingerprint density at radius 2 is 2.09 bits per heavy atom. The highest BCUT2D eigenvalue weighted by Crippen LogP contribution is 2.28. The maximum Gasteiger partial charge on any atom is 0.280 e. The molecule has 1 atom stereocenters. The van der Waals surface area contributed by atoms with E-state index in [-0.39, 0.29) is 29.5 Å². The molecule has 1 amide bonds. The Morgan fingerprint density at radius 1 is 1.31 bits per heavy atom. The van der Waals surface area contributed by atoms with Crippen molar-refractivity contribution >= 4 is 11.5 Å². The van der Waals surface area contributed by atoms with E-state index in [1.54, 1.807) is 25.4 Å². The molecule has 8 nitrogen and oxygen atoms in total. The van der Waals surface area contributed by atoms with Gasteiger partial charge >= 0.3 is 0 Å². The van der Waals surface area contributed by atoms with E-state index in [1.165, 1.54) is 10.9 Å². The fourth-order valence-corrected chi connectivity index (χ4v) is 4.37. The first-order chi connectivity index (χ1) is 15.5. The lowest BCUT2D eigenvalue weighted by molar-refractivity contribution is 0.0599. The molecule has 4 rings (SSSR count). The smallest absolute Gasteiger partial charge is 0.280 e. The summed E-state index contributed by atoms with van der Waals surface area (Å²) in [5.41, 5.74) is 2.60. The van der Waals surface area contributed by atoms with E-state index in [4.69, 9.17) is 10.00 Å². The van der Waals surface area contributed by atoms with Gasteiger partial charge in [0.25, 0.3) is 11.5 Å². The number of nitrogens with zero attached hydrogens (tertiary/aromatic N) is 3. The molecule has 2 aromatic heterocycles. The van der Waals surface area contributed by atoms with Gasteiger partial charge in [0.1, 0.15) is 0 Å². The molecule has 166 valence electrons. The highest BCUT2D eigenvalue weighted by Gasteiger charge is 2.23. The summed E-state index contributed by atoms with van der Waals surface area (Å²) in [7, 11) is 1.73. The molecule has 1 saturated carbocycles. The van der Waals surface area contributed by atoms with Crippen molar-refractivity contribution in [1.82, 2.24) is 20.1 Å².